The van der Waals surface area contributed by atoms with E-state index >= 15 is 0 Å². The Morgan fingerprint density at radius 3 is 2.80 bits per heavy atom. The Kier molecular flexibility index (Phi) is 7.02. The zero-order chi connectivity index (χ0) is 18.3. The molecule has 136 valence electrons. The summed E-state index contributed by atoms with van der Waals surface area (Å²) in [6, 6.07) is 4.84. The average molecular weight is 392 g/mol. The molecule has 0 saturated heterocycles. The molecule has 2 aromatic rings. The lowest BCUT2D eigenvalue weighted by molar-refractivity contribution is -0.137. The summed E-state index contributed by atoms with van der Waals surface area (Å²) in [5.41, 5.74) is -1.14. The van der Waals surface area contributed by atoms with E-state index < -0.39 is 17.6 Å². The fourth-order valence-electron chi connectivity index (χ4n) is 1.75. The van der Waals surface area contributed by atoms with Gasteiger partial charge in [0, 0.05) is 13.7 Å². The van der Waals surface area contributed by atoms with E-state index in [2.05, 4.69) is 20.8 Å². The van der Waals surface area contributed by atoms with Gasteiger partial charge in [0.15, 0.2) is 4.34 Å². The molecule has 0 aliphatic heterocycles. The number of aromatic nitrogens is 2. The molecule has 11 heteroatoms. The molecule has 2 N–H and O–H groups in total. The quantitative estimate of drug-likeness (QED) is 0.530. The second-order valence-corrected chi connectivity index (χ2v) is 6.87. The Balaban J connectivity index is 1.87. The Hall–Kier alpha value is -1.85. The Morgan fingerprint density at radius 2 is 2.08 bits per heavy atom. The zero-order valence-electron chi connectivity index (χ0n) is 13.1. The highest BCUT2D eigenvalue weighted by molar-refractivity contribution is 8.01. The number of hydrogen-bond acceptors (Lipinski definition) is 7. The lowest BCUT2D eigenvalue weighted by atomic mass is 10.1. The number of methoxy groups -OCH3 is 1. The maximum atomic E-state index is 12.9. The molecule has 0 unspecified atom stereocenters. The van der Waals surface area contributed by atoms with E-state index in [4.69, 9.17) is 4.74 Å². The number of anilines is 2. The first-order chi connectivity index (χ1) is 11.9. The van der Waals surface area contributed by atoms with Crippen molar-refractivity contribution in [3.8, 4) is 0 Å². The third-order valence-corrected chi connectivity index (χ3v) is 4.84. The molecule has 0 aliphatic carbocycles. The largest absolute Gasteiger partial charge is 0.418 e. The van der Waals surface area contributed by atoms with Crippen LogP contribution < -0.4 is 10.6 Å². The van der Waals surface area contributed by atoms with Gasteiger partial charge in [0.1, 0.15) is 0 Å². The second-order valence-electron chi connectivity index (χ2n) is 4.67. The lowest BCUT2D eigenvalue weighted by Crippen LogP contribution is -2.18. The van der Waals surface area contributed by atoms with Crippen molar-refractivity contribution in [2.45, 2.75) is 10.5 Å². The SMILES string of the molecule is COCCNc1nnc(SCC(=O)Nc2ccccc2C(F)(F)F)s1. The number of carbonyl (C=O) groups excluding carboxylic acids is 1. The van der Waals surface area contributed by atoms with Gasteiger partial charge in [0.2, 0.25) is 11.0 Å². The van der Waals surface area contributed by atoms with Gasteiger partial charge in [0.25, 0.3) is 0 Å². The van der Waals surface area contributed by atoms with Crippen molar-refractivity contribution in [3.05, 3.63) is 29.8 Å². The van der Waals surface area contributed by atoms with Crippen molar-refractivity contribution in [2.75, 3.05) is 36.6 Å². The van der Waals surface area contributed by atoms with Gasteiger partial charge in [-0.1, -0.05) is 35.2 Å². The monoisotopic (exact) mass is 392 g/mol. The maximum absolute atomic E-state index is 12.9. The van der Waals surface area contributed by atoms with Crippen LogP contribution in [-0.2, 0) is 15.7 Å². The molecule has 0 bridgehead atoms. The molecular weight excluding hydrogens is 377 g/mol. The van der Waals surface area contributed by atoms with Crippen LogP contribution in [-0.4, -0.2) is 42.1 Å². The molecule has 1 aromatic carbocycles. The minimum Gasteiger partial charge on any atom is -0.383 e. The van der Waals surface area contributed by atoms with Crippen molar-refractivity contribution < 1.29 is 22.7 Å². The van der Waals surface area contributed by atoms with E-state index in [0.29, 0.717) is 22.6 Å². The number of alkyl halides is 3. The van der Waals surface area contributed by atoms with Crippen LogP contribution in [0.15, 0.2) is 28.6 Å². The Morgan fingerprint density at radius 1 is 1.32 bits per heavy atom. The van der Waals surface area contributed by atoms with Crippen molar-refractivity contribution in [1.29, 1.82) is 0 Å². The third kappa shape index (κ3) is 6.18. The first-order valence-electron chi connectivity index (χ1n) is 7.05. The fraction of sp³-hybridized carbons (Fsp3) is 0.357. The molecule has 0 saturated carbocycles. The fourth-order valence-corrected chi connectivity index (χ4v) is 3.33. The summed E-state index contributed by atoms with van der Waals surface area (Å²) in [5.74, 6) is -0.621. The topological polar surface area (TPSA) is 76.1 Å². The van der Waals surface area contributed by atoms with Crippen LogP contribution in [0.2, 0.25) is 0 Å². The van der Waals surface area contributed by atoms with Crippen LogP contribution in [0.25, 0.3) is 0 Å². The van der Waals surface area contributed by atoms with Gasteiger partial charge >= 0.3 is 6.18 Å². The van der Waals surface area contributed by atoms with Gasteiger partial charge in [-0.25, -0.2) is 0 Å². The van der Waals surface area contributed by atoms with Gasteiger partial charge in [-0.3, -0.25) is 4.79 Å². The van der Waals surface area contributed by atoms with Crippen LogP contribution in [0.1, 0.15) is 5.56 Å². The molecule has 0 atom stereocenters. The van der Waals surface area contributed by atoms with Crippen molar-refractivity contribution >= 4 is 39.8 Å². The van der Waals surface area contributed by atoms with Crippen molar-refractivity contribution in [1.82, 2.24) is 10.2 Å². The van der Waals surface area contributed by atoms with E-state index in [1.165, 1.54) is 29.5 Å². The van der Waals surface area contributed by atoms with Crippen LogP contribution in [0, 0.1) is 0 Å². The molecular formula is C14H15F3N4O2S2. The minimum atomic E-state index is -4.53. The standard InChI is InChI=1S/C14H15F3N4O2S2/c1-23-7-6-18-12-20-21-13(25-12)24-8-11(22)19-10-5-3-2-4-9(10)14(15,16)17/h2-5H,6-8H2,1H3,(H,18,20)(H,19,22). The molecule has 0 spiro atoms. The summed E-state index contributed by atoms with van der Waals surface area (Å²) in [6.45, 7) is 1.09. The first kappa shape index (κ1) is 19.5. The zero-order valence-corrected chi connectivity index (χ0v) is 14.7. The van der Waals surface area contributed by atoms with Gasteiger partial charge in [-0.15, -0.1) is 10.2 Å². The number of amides is 1. The summed E-state index contributed by atoms with van der Waals surface area (Å²) in [4.78, 5) is 11.9. The summed E-state index contributed by atoms with van der Waals surface area (Å²) in [5, 5.41) is 13.7. The van der Waals surface area contributed by atoms with E-state index in [-0.39, 0.29) is 11.4 Å². The van der Waals surface area contributed by atoms with Gasteiger partial charge in [0.05, 0.1) is 23.6 Å². The molecule has 0 aliphatic rings. The third-order valence-electron chi connectivity index (χ3n) is 2.82. The minimum absolute atomic E-state index is 0.0705. The number of halogens is 3. The van der Waals surface area contributed by atoms with E-state index in [9.17, 15) is 18.0 Å². The van der Waals surface area contributed by atoms with E-state index in [1.54, 1.807) is 7.11 Å². The van der Waals surface area contributed by atoms with Crippen molar-refractivity contribution in [2.24, 2.45) is 0 Å². The molecule has 25 heavy (non-hydrogen) atoms. The molecule has 0 fully saturated rings. The number of benzene rings is 1. The van der Waals surface area contributed by atoms with Gasteiger partial charge in [-0.2, -0.15) is 13.2 Å². The van der Waals surface area contributed by atoms with Crippen LogP contribution in [0.5, 0.6) is 0 Å². The highest BCUT2D eigenvalue weighted by atomic mass is 32.2. The van der Waals surface area contributed by atoms with Crippen LogP contribution in [0.4, 0.5) is 24.0 Å². The van der Waals surface area contributed by atoms with Crippen molar-refractivity contribution in [3.63, 3.8) is 0 Å². The molecule has 1 heterocycles. The van der Waals surface area contributed by atoms with Crippen LogP contribution in [0.3, 0.4) is 0 Å². The number of para-hydroxylation sites is 1. The number of thioether (sulfide) groups is 1. The number of ether oxygens (including phenoxy) is 1. The number of rotatable bonds is 8. The lowest BCUT2D eigenvalue weighted by Gasteiger charge is -2.13. The van der Waals surface area contributed by atoms with Gasteiger partial charge in [-0.05, 0) is 12.1 Å². The summed E-state index contributed by atoms with van der Waals surface area (Å²) >= 11 is 2.35. The Labute approximate surface area is 150 Å². The second kappa shape index (κ2) is 9.02. The van der Waals surface area contributed by atoms with E-state index in [0.717, 1.165) is 17.8 Å². The summed E-state index contributed by atoms with van der Waals surface area (Å²) in [7, 11) is 1.58. The first-order valence-corrected chi connectivity index (χ1v) is 8.85. The molecule has 1 amide bonds. The smallest absolute Gasteiger partial charge is 0.383 e. The number of hydrogen-bond donors (Lipinski definition) is 2. The van der Waals surface area contributed by atoms with Gasteiger partial charge < -0.3 is 15.4 Å². The Bertz CT molecular complexity index is 709. The predicted molar refractivity (Wildman–Crippen MR) is 91.1 cm³/mol. The molecule has 2 rings (SSSR count). The molecule has 0 radical (unpaired) electrons. The normalized spacial score (nSPS) is 11.4. The predicted octanol–water partition coefficient (Wildman–Crippen LogP) is 3.35. The van der Waals surface area contributed by atoms with Crippen LogP contribution >= 0.6 is 23.1 Å². The summed E-state index contributed by atoms with van der Waals surface area (Å²) in [6.07, 6.45) is -4.53. The highest BCUT2D eigenvalue weighted by Crippen LogP contribution is 2.34. The highest BCUT2D eigenvalue weighted by Gasteiger charge is 2.33. The molecule has 6 nitrogen and oxygen atoms in total. The summed E-state index contributed by atoms with van der Waals surface area (Å²) < 4.78 is 44.1. The molecule has 1 aromatic heterocycles. The average Bonchev–Trinajstić information content (AvgIpc) is 3.01. The number of nitrogens with one attached hydrogen (secondary N) is 2. The number of nitrogens with zero attached hydrogens (tertiary/aromatic N) is 2. The van der Waals surface area contributed by atoms with E-state index in [1.807, 2.05) is 0 Å². The number of carbonyl (C=O) groups is 1. The maximum Gasteiger partial charge on any atom is 0.418 e.